The second-order valence-electron chi connectivity index (χ2n) is 6.03. The SMILES string of the molecule is CCS(=O)C1CCCC(NC(=NC)NCCc2ccccc2)C1. The standard InChI is InChI=1S/C18H29N3OS/c1-3-23(22)17-11-7-10-16(14-17)21-18(19-2)20-13-12-15-8-5-4-6-9-15/h4-6,8-9,16-17H,3,7,10-14H2,1-2H3,(H2,19,20,21). The second-order valence-corrected chi connectivity index (χ2v) is 8.04. The molecule has 1 aliphatic rings. The molecule has 1 aromatic carbocycles. The molecule has 4 nitrogen and oxygen atoms in total. The van der Waals surface area contributed by atoms with Crippen LogP contribution in [0.15, 0.2) is 35.3 Å². The largest absolute Gasteiger partial charge is 0.356 e. The Balaban J connectivity index is 1.77. The topological polar surface area (TPSA) is 53.5 Å². The molecule has 1 aliphatic carbocycles. The highest BCUT2D eigenvalue weighted by Crippen LogP contribution is 2.22. The Morgan fingerprint density at radius 2 is 2.09 bits per heavy atom. The molecule has 128 valence electrons. The number of nitrogens with zero attached hydrogens (tertiary/aromatic N) is 1. The maximum Gasteiger partial charge on any atom is 0.191 e. The lowest BCUT2D eigenvalue weighted by Gasteiger charge is -2.30. The van der Waals surface area contributed by atoms with Gasteiger partial charge in [0.2, 0.25) is 0 Å². The van der Waals surface area contributed by atoms with Gasteiger partial charge in [0.05, 0.1) is 0 Å². The maximum atomic E-state index is 12.0. The zero-order valence-electron chi connectivity index (χ0n) is 14.3. The molecule has 0 aromatic heterocycles. The van der Waals surface area contributed by atoms with E-state index < -0.39 is 10.8 Å². The fraction of sp³-hybridized carbons (Fsp3) is 0.611. The first-order valence-electron chi connectivity index (χ1n) is 8.61. The molecule has 3 atom stereocenters. The minimum Gasteiger partial charge on any atom is -0.356 e. The van der Waals surface area contributed by atoms with E-state index >= 15 is 0 Å². The van der Waals surface area contributed by atoms with Gasteiger partial charge in [-0.15, -0.1) is 0 Å². The van der Waals surface area contributed by atoms with E-state index in [0.29, 0.717) is 11.3 Å². The molecular formula is C18H29N3OS. The number of aliphatic imine (C=N–C) groups is 1. The summed E-state index contributed by atoms with van der Waals surface area (Å²) >= 11 is 0. The molecule has 1 saturated carbocycles. The second kappa shape index (κ2) is 9.71. The van der Waals surface area contributed by atoms with E-state index in [1.807, 2.05) is 20.0 Å². The Morgan fingerprint density at radius 1 is 1.30 bits per heavy atom. The van der Waals surface area contributed by atoms with Crippen LogP contribution in [0.2, 0.25) is 0 Å². The fourth-order valence-corrected chi connectivity index (χ4v) is 4.46. The predicted molar refractivity (Wildman–Crippen MR) is 99.4 cm³/mol. The van der Waals surface area contributed by atoms with Gasteiger partial charge < -0.3 is 10.6 Å². The third-order valence-corrected chi connectivity index (χ3v) is 6.14. The number of rotatable bonds is 6. The summed E-state index contributed by atoms with van der Waals surface area (Å²) in [6.07, 6.45) is 5.35. The normalized spacial score (nSPS) is 23.3. The van der Waals surface area contributed by atoms with E-state index in [1.165, 1.54) is 5.56 Å². The van der Waals surface area contributed by atoms with Crippen molar-refractivity contribution in [2.75, 3.05) is 19.3 Å². The molecule has 0 saturated heterocycles. The molecule has 0 radical (unpaired) electrons. The van der Waals surface area contributed by atoms with Crippen molar-refractivity contribution in [1.82, 2.24) is 10.6 Å². The number of hydrogen-bond acceptors (Lipinski definition) is 2. The van der Waals surface area contributed by atoms with E-state index in [0.717, 1.165) is 50.4 Å². The van der Waals surface area contributed by atoms with Crippen LogP contribution < -0.4 is 10.6 Å². The summed E-state index contributed by atoms with van der Waals surface area (Å²) in [5, 5.41) is 7.23. The third kappa shape index (κ3) is 5.98. The van der Waals surface area contributed by atoms with Crippen LogP contribution >= 0.6 is 0 Å². The van der Waals surface area contributed by atoms with Gasteiger partial charge in [0.25, 0.3) is 0 Å². The lowest BCUT2D eigenvalue weighted by atomic mass is 9.95. The van der Waals surface area contributed by atoms with Gasteiger partial charge in [-0.25, -0.2) is 0 Å². The van der Waals surface area contributed by atoms with Crippen LogP contribution in [0.1, 0.15) is 38.2 Å². The van der Waals surface area contributed by atoms with E-state index in [9.17, 15) is 4.21 Å². The molecule has 0 aliphatic heterocycles. The van der Waals surface area contributed by atoms with Gasteiger partial charge in [-0.3, -0.25) is 9.20 Å². The molecule has 2 N–H and O–H groups in total. The minimum absolute atomic E-state index is 0.341. The summed E-state index contributed by atoms with van der Waals surface area (Å²) < 4.78 is 12.0. The zero-order chi connectivity index (χ0) is 16.5. The summed E-state index contributed by atoms with van der Waals surface area (Å²) in [6, 6.07) is 10.8. The number of nitrogens with one attached hydrogen (secondary N) is 2. The van der Waals surface area contributed by atoms with Crippen LogP contribution in [-0.2, 0) is 17.2 Å². The number of benzene rings is 1. The first-order valence-corrected chi connectivity index (χ1v) is 9.99. The number of guanidine groups is 1. The molecule has 0 heterocycles. The average molecular weight is 336 g/mol. The van der Waals surface area contributed by atoms with Gasteiger partial charge in [0.1, 0.15) is 0 Å². The number of hydrogen-bond donors (Lipinski definition) is 2. The molecule has 23 heavy (non-hydrogen) atoms. The minimum atomic E-state index is -0.681. The summed E-state index contributed by atoms with van der Waals surface area (Å²) in [7, 11) is 1.13. The van der Waals surface area contributed by atoms with E-state index in [4.69, 9.17) is 0 Å². The monoisotopic (exact) mass is 335 g/mol. The summed E-state index contributed by atoms with van der Waals surface area (Å²) in [5.74, 6) is 1.62. The van der Waals surface area contributed by atoms with Crippen LogP contribution in [0.5, 0.6) is 0 Å². The quantitative estimate of drug-likeness (QED) is 0.620. The van der Waals surface area contributed by atoms with Gasteiger partial charge in [-0.05, 0) is 31.2 Å². The Kier molecular flexibility index (Phi) is 7.59. The molecule has 3 unspecified atom stereocenters. The Morgan fingerprint density at radius 3 is 2.78 bits per heavy atom. The third-order valence-electron chi connectivity index (χ3n) is 4.40. The van der Waals surface area contributed by atoms with Crippen molar-refractivity contribution in [2.45, 2.75) is 50.3 Å². The molecule has 0 amide bonds. The molecule has 0 bridgehead atoms. The van der Waals surface area contributed by atoms with Crippen molar-refractivity contribution < 1.29 is 4.21 Å². The Labute approximate surface area is 142 Å². The average Bonchev–Trinajstić information content (AvgIpc) is 2.61. The summed E-state index contributed by atoms with van der Waals surface area (Å²) in [6.45, 7) is 2.87. The van der Waals surface area contributed by atoms with Gasteiger partial charge in [-0.1, -0.05) is 43.7 Å². The molecule has 0 spiro atoms. The van der Waals surface area contributed by atoms with E-state index in [1.54, 1.807) is 0 Å². The first-order chi connectivity index (χ1) is 11.2. The smallest absolute Gasteiger partial charge is 0.191 e. The van der Waals surface area contributed by atoms with Crippen LogP contribution in [0.25, 0.3) is 0 Å². The molecule has 2 rings (SSSR count). The Hall–Kier alpha value is -1.36. The van der Waals surface area contributed by atoms with Crippen LogP contribution in [0, 0.1) is 0 Å². The zero-order valence-corrected chi connectivity index (χ0v) is 15.1. The van der Waals surface area contributed by atoms with E-state index in [-0.39, 0.29) is 0 Å². The van der Waals surface area contributed by atoms with Crippen molar-refractivity contribution >= 4 is 16.8 Å². The lowest BCUT2D eigenvalue weighted by Crippen LogP contribution is -2.47. The van der Waals surface area contributed by atoms with Crippen LogP contribution in [0.3, 0.4) is 0 Å². The van der Waals surface area contributed by atoms with Crippen molar-refractivity contribution in [3.8, 4) is 0 Å². The molecule has 1 aromatic rings. The highest BCUT2D eigenvalue weighted by Gasteiger charge is 2.25. The van der Waals surface area contributed by atoms with Crippen LogP contribution in [0.4, 0.5) is 0 Å². The highest BCUT2D eigenvalue weighted by molar-refractivity contribution is 7.85. The lowest BCUT2D eigenvalue weighted by molar-refractivity contribution is 0.413. The van der Waals surface area contributed by atoms with Gasteiger partial charge in [0.15, 0.2) is 5.96 Å². The maximum absolute atomic E-state index is 12.0. The van der Waals surface area contributed by atoms with E-state index in [2.05, 4.69) is 39.9 Å². The summed E-state index contributed by atoms with van der Waals surface area (Å²) in [4.78, 5) is 4.32. The molecule has 1 fully saturated rings. The first kappa shape index (κ1) is 18.0. The van der Waals surface area contributed by atoms with Gasteiger partial charge in [0, 0.05) is 41.4 Å². The Bertz CT molecular complexity index is 518. The summed E-state index contributed by atoms with van der Waals surface area (Å²) in [5.41, 5.74) is 1.33. The van der Waals surface area contributed by atoms with Crippen molar-refractivity contribution in [3.63, 3.8) is 0 Å². The van der Waals surface area contributed by atoms with Gasteiger partial charge in [-0.2, -0.15) is 0 Å². The van der Waals surface area contributed by atoms with Gasteiger partial charge >= 0.3 is 0 Å². The van der Waals surface area contributed by atoms with Crippen molar-refractivity contribution in [1.29, 1.82) is 0 Å². The van der Waals surface area contributed by atoms with Crippen molar-refractivity contribution in [2.24, 2.45) is 4.99 Å². The fourth-order valence-electron chi connectivity index (χ4n) is 3.11. The predicted octanol–water partition coefficient (Wildman–Crippen LogP) is 2.47. The van der Waals surface area contributed by atoms with Crippen LogP contribution in [-0.4, -0.2) is 40.8 Å². The highest BCUT2D eigenvalue weighted by atomic mass is 32.2. The molecule has 5 heteroatoms. The molecular weight excluding hydrogens is 306 g/mol. The van der Waals surface area contributed by atoms with Crippen molar-refractivity contribution in [3.05, 3.63) is 35.9 Å².